The van der Waals surface area contributed by atoms with Crippen molar-refractivity contribution in [1.29, 1.82) is 0 Å². The summed E-state index contributed by atoms with van der Waals surface area (Å²) in [7, 11) is 13.7. The van der Waals surface area contributed by atoms with E-state index < -0.39 is 47.9 Å². The molecule has 8 N–H and O–H groups in total. The third kappa shape index (κ3) is 23.9. The lowest BCUT2D eigenvalue weighted by atomic mass is 10.1. The average molecular weight is 1990 g/mol. The summed E-state index contributed by atoms with van der Waals surface area (Å²) >= 11 is 7.62. The first-order chi connectivity index (χ1) is 67.5. The predicted molar refractivity (Wildman–Crippen MR) is 526 cm³/mol. The molecule has 0 bridgehead atoms. The van der Waals surface area contributed by atoms with Gasteiger partial charge in [-0.1, -0.05) is 130 Å². The number of carbonyl (C=O) groups is 9. The van der Waals surface area contributed by atoms with Crippen molar-refractivity contribution in [2.45, 2.75) is 13.8 Å². The highest BCUT2D eigenvalue weighted by Gasteiger charge is 2.28. The molecule has 12 aromatic heterocycles. The topological polar surface area (TPSA) is 525 Å². The zero-order valence-electron chi connectivity index (χ0n) is 75.3. The summed E-state index contributed by atoms with van der Waals surface area (Å²) in [6.07, 6.45) is 9.91. The number of ether oxygens (including phenoxy) is 7. The summed E-state index contributed by atoms with van der Waals surface area (Å²) in [4.78, 5) is 167. The molecule has 0 saturated heterocycles. The number of amides is 1. The molecule has 0 unspecified atom stereocenters. The van der Waals surface area contributed by atoms with Gasteiger partial charge >= 0.3 is 47.9 Å². The Morgan fingerprint density at radius 1 is 0.281 bits per heavy atom. The number of methoxy groups -OCH3 is 7. The minimum Gasteiger partial charge on any atom is -0.464 e. The van der Waals surface area contributed by atoms with E-state index in [0.717, 1.165) is 93.2 Å². The minimum atomic E-state index is -0.956. The fourth-order valence-corrected chi connectivity index (χ4v) is 17.7. The first-order valence-electron chi connectivity index (χ1n) is 40.6. The Morgan fingerprint density at radius 3 is 0.712 bits per heavy atom. The highest BCUT2D eigenvalue weighted by molar-refractivity contribution is 7.14. The molecular weight excluding hydrogens is 1910 g/mol. The van der Waals surface area contributed by atoms with E-state index in [1.165, 1.54) is 146 Å². The number of hydrogen-bond donors (Lipinski definition) is 8. The second kappa shape index (κ2) is 47.6. The van der Waals surface area contributed by atoms with Gasteiger partial charge in [-0.2, -0.15) is 10.2 Å². The van der Waals surface area contributed by atoms with Gasteiger partial charge in [-0.3, -0.25) is 9.63 Å². The number of rotatable bonds is 24. The number of aromatic amines is 6. The molecule has 18 rings (SSSR count). The zero-order chi connectivity index (χ0) is 98.6. The number of hydrazone groups is 2. The van der Waals surface area contributed by atoms with Gasteiger partial charge in [-0.15, -0.1) is 68.0 Å². The van der Waals surface area contributed by atoms with Crippen molar-refractivity contribution in [3.05, 3.63) is 313 Å². The molecule has 0 radical (unpaired) electrons. The number of carbonyl (C=O) groups excluding carboxylic acids is 9. The van der Waals surface area contributed by atoms with Crippen LogP contribution in [0, 0.1) is 0 Å². The second-order valence-electron chi connectivity index (χ2n) is 27.7. The van der Waals surface area contributed by atoms with Crippen LogP contribution in [-0.4, -0.2) is 219 Å². The maximum atomic E-state index is 11.6. The van der Waals surface area contributed by atoms with Gasteiger partial charge in [0.15, 0.2) is 34.2 Å². The largest absolute Gasteiger partial charge is 0.534 e. The summed E-state index contributed by atoms with van der Waals surface area (Å²) in [5.74, 6) is -3.86. The fraction of sp³-hybridized carbons (Fsp3) is 0.129. The van der Waals surface area contributed by atoms with Crippen molar-refractivity contribution in [3.8, 4) is 0 Å². The number of benzene rings is 6. The third-order valence-electron chi connectivity index (χ3n) is 19.2. The van der Waals surface area contributed by atoms with Gasteiger partial charge in [0.1, 0.15) is 78.5 Å². The number of nitrogens with one attached hydrogen (secondary N) is 8. The van der Waals surface area contributed by atoms with E-state index in [1.807, 2.05) is 164 Å². The Hall–Kier alpha value is -17.2. The summed E-state index contributed by atoms with van der Waals surface area (Å²) in [5, 5.41) is 43.1. The van der Waals surface area contributed by atoms with Crippen LogP contribution in [-0.2, 0) is 62.1 Å². The van der Waals surface area contributed by atoms with Gasteiger partial charge in [0, 0.05) is 189 Å². The highest BCUT2D eigenvalue weighted by Crippen LogP contribution is 2.32. The SMILES string of the molecule is CN/N=C(\c1nc(C(=O)OC)cs1)c1c[nH]c2ccccc12.CO/N=C(/c1nc(C(=O)OC)cs1)c1c[nH]c2ccccc12.CO/N=C(\c1nc(C(=O)OC)cs1)c1c[nH]c2ccccc12.COC(=O)O/N=C(\c1nc(C(=O)OC)cs1)c1c[nH]c2ccccc12.COC(=O)c1csc(/C(=N\NC(C)=O)c2c[nH]c3ccccc23)n1.COC(=O)c1csc(/C(=N\OC(C)=O)c2c[nH]c3ccccc23)n1. The number of H-pyrrole nitrogens is 6. The maximum Gasteiger partial charge on any atom is 0.534 e. The van der Waals surface area contributed by atoms with Crippen LogP contribution in [0.3, 0.4) is 0 Å². The summed E-state index contributed by atoms with van der Waals surface area (Å²) in [5.41, 5.74) is 20.1. The van der Waals surface area contributed by atoms with Crippen LogP contribution in [0.5, 0.6) is 0 Å². The summed E-state index contributed by atoms with van der Waals surface area (Å²) in [6.45, 7) is 2.64. The van der Waals surface area contributed by atoms with E-state index in [1.54, 1.807) is 57.9 Å². The lowest BCUT2D eigenvalue weighted by molar-refractivity contribution is -0.141. The summed E-state index contributed by atoms with van der Waals surface area (Å²) < 4.78 is 32.5. The Morgan fingerprint density at radius 2 is 0.496 bits per heavy atom. The number of esters is 6. The molecule has 46 heteroatoms. The van der Waals surface area contributed by atoms with Crippen LogP contribution in [0.1, 0.15) is 140 Å². The Labute approximate surface area is 810 Å². The predicted octanol–water partition coefficient (Wildman–Crippen LogP) is 16.0. The van der Waals surface area contributed by atoms with E-state index in [0.29, 0.717) is 69.9 Å². The van der Waals surface area contributed by atoms with Crippen molar-refractivity contribution in [1.82, 2.24) is 70.7 Å². The molecule has 12 heterocycles. The smallest absolute Gasteiger partial charge is 0.464 e. The van der Waals surface area contributed by atoms with Crippen molar-refractivity contribution in [3.63, 3.8) is 0 Å². The number of nitrogens with zero attached hydrogens (tertiary/aromatic N) is 12. The first-order valence-corrected chi connectivity index (χ1v) is 45.9. The molecule has 0 aliphatic rings. The van der Waals surface area contributed by atoms with Crippen molar-refractivity contribution < 1.29 is 95.7 Å². The molecule has 139 heavy (non-hydrogen) atoms. The van der Waals surface area contributed by atoms with E-state index in [2.05, 4.69) is 130 Å². The van der Waals surface area contributed by atoms with E-state index in [4.69, 9.17) is 24.1 Å². The third-order valence-corrected chi connectivity index (χ3v) is 24.3. The number of fused-ring (bicyclic) bond motifs is 6. The molecule has 1 amide bonds. The standard InChI is InChI=1S/C16H14N4O3S.C16H13N3O5S.C16H13N3O4S.C15H14N4O2S.2C15H13N3O3S/c1-9(21)19-20-14(15-18-13(8-24-15)16(22)23-2)11-7-17-12-6-4-3-5-10(11)12;1-22-15(20)12-8-25-14(18-12)13(19-24-16(21)23-2)10-7-17-11-6-4-3-5-9(10)11;1-9(20)23-19-14(15-18-13(8-24-15)16(21)22-2)11-7-17-12-6-4-3-5-10(11)12;1-16-19-13(14-18-12(8-22-14)15(20)21-2)10-7-17-11-6-4-3-5-9(10)11;2*1-20-15(19)12-8-22-14(17-12)13(18-21-2)10-7-16-11-6-4-3-5-9(10)11/h3-8,17H,1-2H3,(H,19,21);3-8,17H,1-2H3;3-8,17H,1-2H3;3-8,16-17H,1-2H3;2*3-8,16H,1-2H3/b20-14-;19-13-;19-14-;19-13-;18-13+;18-13-. The first kappa shape index (κ1) is 99.3. The van der Waals surface area contributed by atoms with Crippen LogP contribution in [0.4, 0.5) is 4.79 Å². The average Bonchev–Trinajstić information content (AvgIpc) is 1.67. The van der Waals surface area contributed by atoms with Crippen LogP contribution < -0.4 is 10.9 Å². The molecule has 0 spiro atoms. The number of hydrogen-bond acceptors (Lipinski definition) is 39. The maximum absolute atomic E-state index is 11.6. The molecule has 0 fully saturated rings. The van der Waals surface area contributed by atoms with Gasteiger partial charge in [-0.25, -0.2) is 73.7 Å². The Kier molecular flexibility index (Phi) is 34.0. The van der Waals surface area contributed by atoms with Gasteiger partial charge in [-0.05, 0) is 36.4 Å². The normalized spacial score (nSPS) is 11.5. The van der Waals surface area contributed by atoms with Crippen LogP contribution in [0.25, 0.3) is 65.4 Å². The lowest BCUT2D eigenvalue weighted by Gasteiger charge is -2.03. The molecule has 0 aliphatic carbocycles. The molecular formula is C93H80N20O20S6. The molecule has 6 aromatic carbocycles. The van der Waals surface area contributed by atoms with Crippen LogP contribution in [0.2, 0.25) is 0 Å². The number of para-hydroxylation sites is 6. The Balaban J connectivity index is 0.000000141. The monoisotopic (exact) mass is 1990 g/mol. The van der Waals surface area contributed by atoms with Gasteiger partial charge in [0.05, 0.1) is 49.8 Å². The van der Waals surface area contributed by atoms with Gasteiger partial charge < -0.3 is 83.0 Å². The van der Waals surface area contributed by atoms with Crippen molar-refractivity contribution >= 4 is 222 Å². The quantitative estimate of drug-likeness (QED) is 0.00915. The Bertz CT molecular complexity index is 7210. The van der Waals surface area contributed by atoms with Crippen molar-refractivity contribution in [2.24, 2.45) is 30.8 Å². The van der Waals surface area contributed by atoms with Crippen LogP contribution >= 0.6 is 68.0 Å². The fourth-order valence-electron chi connectivity index (χ4n) is 13.0. The number of thiazole rings is 6. The molecule has 708 valence electrons. The van der Waals surface area contributed by atoms with Crippen molar-refractivity contribution in [2.75, 3.05) is 71.0 Å². The number of oxime groups is 4. The minimum absolute atomic E-state index is 0.146. The highest BCUT2D eigenvalue weighted by atomic mass is 32.1. The number of aromatic nitrogens is 12. The molecule has 18 aromatic rings. The second-order valence-corrected chi connectivity index (χ2v) is 32.9. The van der Waals surface area contributed by atoms with Gasteiger partial charge in [0.2, 0.25) is 5.91 Å². The van der Waals surface area contributed by atoms with Gasteiger partial charge in [0.25, 0.3) is 0 Å². The van der Waals surface area contributed by atoms with Crippen LogP contribution in [0.15, 0.2) is 246 Å². The van der Waals surface area contributed by atoms with E-state index in [-0.39, 0.29) is 40.1 Å². The molecule has 0 saturated carbocycles. The van der Waals surface area contributed by atoms with E-state index >= 15 is 0 Å². The molecule has 40 nitrogen and oxygen atoms in total. The lowest BCUT2D eigenvalue weighted by Crippen LogP contribution is -2.17. The zero-order valence-corrected chi connectivity index (χ0v) is 80.2. The summed E-state index contributed by atoms with van der Waals surface area (Å²) in [6, 6.07) is 46.6. The molecule has 0 aliphatic heterocycles. The van der Waals surface area contributed by atoms with E-state index in [9.17, 15) is 43.2 Å². The molecule has 0 atom stereocenters.